The highest BCUT2D eigenvalue weighted by molar-refractivity contribution is 8.01. The standard InChI is InChI=1S/C11H15NO3S2/c1-7-9(6-10(13)14)17-11(12-7)16-8-2-4-15-5-3-8/h8H,2-6H2,1H3,(H,13,14). The van der Waals surface area contributed by atoms with Gasteiger partial charge in [0.2, 0.25) is 0 Å². The van der Waals surface area contributed by atoms with Gasteiger partial charge in [-0.25, -0.2) is 4.98 Å². The van der Waals surface area contributed by atoms with Gasteiger partial charge in [0, 0.05) is 23.3 Å². The molecule has 1 saturated heterocycles. The first-order chi connectivity index (χ1) is 8.15. The molecule has 0 bridgehead atoms. The summed E-state index contributed by atoms with van der Waals surface area (Å²) in [6, 6.07) is 0. The summed E-state index contributed by atoms with van der Waals surface area (Å²) < 4.78 is 6.30. The van der Waals surface area contributed by atoms with E-state index in [1.165, 1.54) is 11.3 Å². The van der Waals surface area contributed by atoms with Gasteiger partial charge in [-0.3, -0.25) is 4.79 Å². The normalized spacial score (nSPS) is 17.2. The molecule has 0 saturated carbocycles. The van der Waals surface area contributed by atoms with E-state index in [1.807, 2.05) is 6.92 Å². The summed E-state index contributed by atoms with van der Waals surface area (Å²) in [7, 11) is 0. The molecule has 0 amide bonds. The molecule has 4 nitrogen and oxygen atoms in total. The van der Waals surface area contributed by atoms with Crippen molar-refractivity contribution in [1.82, 2.24) is 4.98 Å². The van der Waals surface area contributed by atoms with Crippen LogP contribution in [0.3, 0.4) is 0 Å². The first kappa shape index (κ1) is 12.9. The molecule has 0 spiro atoms. The number of rotatable bonds is 4. The number of carboxylic acid groups (broad SMARTS) is 1. The quantitative estimate of drug-likeness (QED) is 0.912. The van der Waals surface area contributed by atoms with Gasteiger partial charge in [0.1, 0.15) is 0 Å². The van der Waals surface area contributed by atoms with Crippen LogP contribution in [0.5, 0.6) is 0 Å². The van der Waals surface area contributed by atoms with Crippen LogP contribution in [-0.2, 0) is 16.0 Å². The average molecular weight is 273 g/mol. The zero-order valence-electron chi connectivity index (χ0n) is 9.64. The minimum absolute atomic E-state index is 0.0812. The lowest BCUT2D eigenvalue weighted by atomic mass is 10.2. The summed E-state index contributed by atoms with van der Waals surface area (Å²) in [5.41, 5.74) is 0.854. The summed E-state index contributed by atoms with van der Waals surface area (Å²) in [6.07, 6.45) is 2.19. The fraction of sp³-hybridized carbons (Fsp3) is 0.636. The number of aryl methyl sites for hydroxylation is 1. The van der Waals surface area contributed by atoms with Crippen LogP contribution >= 0.6 is 23.1 Å². The van der Waals surface area contributed by atoms with Gasteiger partial charge in [-0.1, -0.05) is 11.8 Å². The number of hydrogen-bond donors (Lipinski definition) is 1. The molecule has 1 aromatic rings. The number of nitrogens with zero attached hydrogens (tertiary/aromatic N) is 1. The monoisotopic (exact) mass is 273 g/mol. The first-order valence-corrected chi connectivity index (χ1v) is 7.27. The third kappa shape index (κ3) is 3.69. The lowest BCUT2D eigenvalue weighted by Gasteiger charge is -2.20. The topological polar surface area (TPSA) is 59.4 Å². The molecule has 2 heterocycles. The van der Waals surface area contributed by atoms with E-state index >= 15 is 0 Å². The van der Waals surface area contributed by atoms with Crippen LogP contribution in [-0.4, -0.2) is 34.5 Å². The van der Waals surface area contributed by atoms with E-state index in [9.17, 15) is 4.79 Å². The Bertz CT molecular complexity index is 399. The van der Waals surface area contributed by atoms with Gasteiger partial charge in [-0.2, -0.15) is 0 Å². The van der Waals surface area contributed by atoms with Crippen molar-refractivity contribution in [3.63, 3.8) is 0 Å². The van der Waals surface area contributed by atoms with E-state index < -0.39 is 5.97 Å². The molecule has 1 N–H and O–H groups in total. The van der Waals surface area contributed by atoms with E-state index in [1.54, 1.807) is 11.8 Å². The van der Waals surface area contributed by atoms with Crippen LogP contribution in [0.4, 0.5) is 0 Å². The Labute approximate surface area is 108 Å². The molecule has 17 heavy (non-hydrogen) atoms. The second kappa shape index (κ2) is 5.84. The number of carboxylic acids is 1. The third-order valence-corrected chi connectivity index (χ3v) is 5.21. The highest BCUT2D eigenvalue weighted by atomic mass is 32.2. The summed E-state index contributed by atoms with van der Waals surface area (Å²) in [5, 5.41) is 9.34. The molecule has 2 rings (SSSR count). The van der Waals surface area contributed by atoms with Crippen LogP contribution in [0.2, 0.25) is 0 Å². The summed E-state index contributed by atoms with van der Waals surface area (Å²) in [5.74, 6) is -0.792. The van der Waals surface area contributed by atoms with Crippen molar-refractivity contribution in [2.45, 2.75) is 35.8 Å². The van der Waals surface area contributed by atoms with Gasteiger partial charge < -0.3 is 9.84 Å². The van der Waals surface area contributed by atoms with E-state index in [4.69, 9.17) is 9.84 Å². The lowest BCUT2D eigenvalue weighted by Crippen LogP contribution is -2.17. The first-order valence-electron chi connectivity index (χ1n) is 5.57. The molecule has 6 heteroatoms. The fourth-order valence-electron chi connectivity index (χ4n) is 1.69. The van der Waals surface area contributed by atoms with Crippen molar-refractivity contribution < 1.29 is 14.6 Å². The van der Waals surface area contributed by atoms with E-state index in [2.05, 4.69) is 4.98 Å². The molecule has 0 unspecified atom stereocenters. The SMILES string of the molecule is Cc1nc(SC2CCOCC2)sc1CC(=O)O. The molecule has 0 aliphatic carbocycles. The van der Waals surface area contributed by atoms with Gasteiger partial charge in [-0.05, 0) is 19.8 Å². The molecule has 0 aromatic carbocycles. The second-order valence-electron chi connectivity index (χ2n) is 3.99. The van der Waals surface area contributed by atoms with Crippen LogP contribution in [0, 0.1) is 6.92 Å². The smallest absolute Gasteiger partial charge is 0.308 e. The molecular formula is C11H15NO3S2. The number of thioether (sulfide) groups is 1. The van der Waals surface area contributed by atoms with Crippen LogP contribution in [0.25, 0.3) is 0 Å². The maximum atomic E-state index is 10.7. The number of thiazole rings is 1. The predicted molar refractivity (Wildman–Crippen MR) is 67.9 cm³/mol. The zero-order chi connectivity index (χ0) is 12.3. The molecule has 1 aliphatic rings. The van der Waals surface area contributed by atoms with Crippen molar-refractivity contribution in [2.24, 2.45) is 0 Å². The highest BCUT2D eigenvalue weighted by Gasteiger charge is 2.18. The Morgan fingerprint density at radius 1 is 1.59 bits per heavy atom. The van der Waals surface area contributed by atoms with E-state index in [-0.39, 0.29) is 6.42 Å². The van der Waals surface area contributed by atoms with Crippen LogP contribution in [0.1, 0.15) is 23.4 Å². The Hall–Kier alpha value is -0.590. The molecule has 0 radical (unpaired) electrons. The number of aliphatic carboxylic acids is 1. The summed E-state index contributed by atoms with van der Waals surface area (Å²) >= 11 is 3.27. The minimum atomic E-state index is -0.792. The van der Waals surface area contributed by atoms with E-state index in [0.717, 1.165) is 41.0 Å². The summed E-state index contributed by atoms with van der Waals surface area (Å²) in [6.45, 7) is 3.52. The fourth-order valence-corrected chi connectivity index (χ4v) is 4.28. The van der Waals surface area contributed by atoms with Gasteiger partial charge in [0.25, 0.3) is 0 Å². The minimum Gasteiger partial charge on any atom is -0.481 e. The molecule has 0 atom stereocenters. The number of ether oxygens (including phenoxy) is 1. The van der Waals surface area contributed by atoms with Gasteiger partial charge in [0.15, 0.2) is 4.34 Å². The second-order valence-corrected chi connectivity index (χ2v) is 6.62. The Morgan fingerprint density at radius 3 is 2.94 bits per heavy atom. The highest BCUT2D eigenvalue weighted by Crippen LogP contribution is 2.34. The summed E-state index contributed by atoms with van der Waals surface area (Å²) in [4.78, 5) is 16.0. The Balaban J connectivity index is 1.98. The number of aromatic nitrogens is 1. The lowest BCUT2D eigenvalue weighted by molar-refractivity contribution is -0.136. The van der Waals surface area contributed by atoms with Gasteiger partial charge in [0.05, 0.1) is 12.1 Å². The van der Waals surface area contributed by atoms with Crippen molar-refractivity contribution in [1.29, 1.82) is 0 Å². The Kier molecular flexibility index (Phi) is 4.42. The molecule has 1 aromatic heterocycles. The van der Waals surface area contributed by atoms with Crippen molar-refractivity contribution in [2.75, 3.05) is 13.2 Å². The number of carbonyl (C=O) groups is 1. The maximum Gasteiger partial charge on any atom is 0.308 e. The molecule has 94 valence electrons. The Morgan fingerprint density at radius 2 is 2.29 bits per heavy atom. The average Bonchev–Trinajstić information content (AvgIpc) is 2.59. The largest absolute Gasteiger partial charge is 0.481 e. The van der Waals surface area contributed by atoms with Crippen molar-refractivity contribution in [3.8, 4) is 0 Å². The number of hydrogen-bond acceptors (Lipinski definition) is 5. The third-order valence-electron chi connectivity index (χ3n) is 2.62. The van der Waals surface area contributed by atoms with Gasteiger partial charge in [-0.15, -0.1) is 11.3 Å². The zero-order valence-corrected chi connectivity index (χ0v) is 11.3. The van der Waals surface area contributed by atoms with Crippen molar-refractivity contribution in [3.05, 3.63) is 10.6 Å². The molecule has 1 fully saturated rings. The van der Waals surface area contributed by atoms with E-state index in [0.29, 0.717) is 5.25 Å². The predicted octanol–water partition coefficient (Wildman–Crippen LogP) is 2.35. The molecular weight excluding hydrogens is 258 g/mol. The van der Waals surface area contributed by atoms with Crippen molar-refractivity contribution >= 4 is 29.1 Å². The van der Waals surface area contributed by atoms with Crippen LogP contribution < -0.4 is 0 Å². The molecule has 1 aliphatic heterocycles. The van der Waals surface area contributed by atoms with Gasteiger partial charge >= 0.3 is 5.97 Å². The van der Waals surface area contributed by atoms with Crippen LogP contribution in [0.15, 0.2) is 4.34 Å². The maximum absolute atomic E-state index is 10.7.